The van der Waals surface area contributed by atoms with Gasteiger partial charge in [0.05, 0.1) is 41.6 Å². The molecule has 0 radical (unpaired) electrons. The van der Waals surface area contributed by atoms with Crippen LogP contribution in [0.15, 0.2) is 18.7 Å². The third-order valence-corrected chi connectivity index (χ3v) is 5.40. The molecule has 0 bridgehead atoms. The molecule has 27 heavy (non-hydrogen) atoms. The van der Waals surface area contributed by atoms with Crippen LogP contribution in [-0.4, -0.2) is 48.3 Å². The maximum Gasteiger partial charge on any atom is 0.254 e. The Balaban J connectivity index is 1.64. The van der Waals surface area contributed by atoms with E-state index in [1.807, 2.05) is 23.4 Å². The summed E-state index contributed by atoms with van der Waals surface area (Å²) in [6.07, 6.45) is 8.18. The highest BCUT2D eigenvalue weighted by Crippen LogP contribution is 2.40. The van der Waals surface area contributed by atoms with Crippen LogP contribution < -0.4 is 5.32 Å². The molecule has 1 saturated carbocycles. The molecule has 2 atom stereocenters. The van der Waals surface area contributed by atoms with Crippen LogP contribution in [0.4, 0.5) is 0 Å². The van der Waals surface area contributed by atoms with Gasteiger partial charge in [0.1, 0.15) is 5.82 Å². The van der Waals surface area contributed by atoms with E-state index in [0.717, 1.165) is 18.5 Å². The van der Waals surface area contributed by atoms with Gasteiger partial charge in [0.15, 0.2) is 0 Å². The van der Waals surface area contributed by atoms with Gasteiger partial charge in [0, 0.05) is 25.7 Å². The second-order valence-electron chi connectivity index (χ2n) is 7.44. The fourth-order valence-corrected chi connectivity index (χ4v) is 3.90. The van der Waals surface area contributed by atoms with Crippen LogP contribution >= 0.6 is 0 Å². The van der Waals surface area contributed by atoms with E-state index in [1.165, 1.54) is 0 Å². The Hall–Kier alpha value is -2.77. The Morgan fingerprint density at radius 3 is 2.63 bits per heavy atom. The van der Waals surface area contributed by atoms with Crippen molar-refractivity contribution >= 4 is 11.8 Å². The predicted octanol–water partition coefficient (Wildman–Crippen LogP) is 1.45. The van der Waals surface area contributed by atoms with Gasteiger partial charge in [-0.2, -0.15) is 0 Å². The normalized spacial score (nSPS) is 22.8. The summed E-state index contributed by atoms with van der Waals surface area (Å²) in [7, 11) is 1.92. The van der Waals surface area contributed by atoms with E-state index in [1.54, 1.807) is 25.6 Å². The Morgan fingerprint density at radius 2 is 2.00 bits per heavy atom. The van der Waals surface area contributed by atoms with Crippen molar-refractivity contribution < 1.29 is 9.59 Å². The molecule has 0 spiro atoms. The van der Waals surface area contributed by atoms with Gasteiger partial charge in [-0.3, -0.25) is 9.59 Å². The Labute approximate surface area is 158 Å². The zero-order valence-corrected chi connectivity index (χ0v) is 15.8. The minimum Gasteiger partial charge on any atom is -0.347 e. The van der Waals surface area contributed by atoms with Crippen molar-refractivity contribution in [2.24, 2.45) is 7.05 Å². The fourth-order valence-electron chi connectivity index (χ4n) is 3.90. The number of carbonyl (C=O) groups is 2. The molecule has 142 valence electrons. The molecule has 2 aromatic heterocycles. The molecule has 1 N–H and O–H groups in total. The third kappa shape index (κ3) is 3.31. The number of hydrogen-bond donors (Lipinski definition) is 1. The van der Waals surface area contributed by atoms with Gasteiger partial charge in [-0.1, -0.05) is 0 Å². The number of piperidine rings is 1. The molecule has 1 saturated heterocycles. The lowest BCUT2D eigenvalue weighted by atomic mass is 9.92. The van der Waals surface area contributed by atoms with Crippen molar-refractivity contribution in [3.63, 3.8) is 0 Å². The summed E-state index contributed by atoms with van der Waals surface area (Å²) < 4.78 is 1.93. The first kappa shape index (κ1) is 17.6. The predicted molar refractivity (Wildman–Crippen MR) is 97.8 cm³/mol. The zero-order chi connectivity index (χ0) is 19.1. The fraction of sp³-hybridized carbons (Fsp3) is 0.526. The standard InChI is InChI=1S/C19H24N6O2/c1-11-14(8-21-12(2)22-11)19(27)23-15-6-7-17(26)25(13-4-5-13)18(15)16-9-20-10-24(16)3/h8-10,13,15,18H,4-7H2,1-3H3,(H,23,27)/t15-,18-/m1/s1. The molecule has 8 nitrogen and oxygen atoms in total. The lowest BCUT2D eigenvalue weighted by Gasteiger charge is -2.41. The molecule has 2 aromatic rings. The second kappa shape index (κ2) is 6.75. The van der Waals surface area contributed by atoms with Crippen molar-refractivity contribution in [1.29, 1.82) is 0 Å². The Bertz CT molecular complexity index is 888. The highest BCUT2D eigenvalue weighted by Gasteiger charge is 2.45. The number of likely N-dealkylation sites (tertiary alicyclic amines) is 1. The molecular weight excluding hydrogens is 344 g/mol. The van der Waals surface area contributed by atoms with E-state index in [2.05, 4.69) is 20.3 Å². The SMILES string of the molecule is Cc1ncc(C(=O)N[C@@H]2CCC(=O)N(C3CC3)[C@H]2c2cncn2C)c(C)n1. The number of rotatable bonds is 4. The third-order valence-electron chi connectivity index (χ3n) is 5.40. The monoisotopic (exact) mass is 368 g/mol. The highest BCUT2D eigenvalue weighted by atomic mass is 16.2. The molecule has 1 aliphatic heterocycles. The molecule has 8 heteroatoms. The van der Waals surface area contributed by atoms with Crippen LogP contribution in [0.1, 0.15) is 59.3 Å². The summed E-state index contributed by atoms with van der Waals surface area (Å²) >= 11 is 0. The summed E-state index contributed by atoms with van der Waals surface area (Å²) in [6, 6.07) is -0.115. The van der Waals surface area contributed by atoms with E-state index in [4.69, 9.17) is 0 Å². The van der Waals surface area contributed by atoms with Crippen LogP contribution in [0.25, 0.3) is 0 Å². The smallest absolute Gasteiger partial charge is 0.254 e. The minimum atomic E-state index is -0.207. The average Bonchev–Trinajstić information content (AvgIpc) is 3.37. The molecule has 2 fully saturated rings. The number of nitrogens with zero attached hydrogens (tertiary/aromatic N) is 5. The van der Waals surface area contributed by atoms with Crippen LogP contribution in [0.2, 0.25) is 0 Å². The van der Waals surface area contributed by atoms with Crippen molar-refractivity contribution in [2.75, 3.05) is 0 Å². The van der Waals surface area contributed by atoms with Gasteiger partial charge >= 0.3 is 0 Å². The number of carbonyl (C=O) groups excluding carboxylic acids is 2. The molecule has 0 aromatic carbocycles. The average molecular weight is 368 g/mol. The molecule has 4 rings (SSSR count). The van der Waals surface area contributed by atoms with E-state index >= 15 is 0 Å². The number of amides is 2. The van der Waals surface area contributed by atoms with Gasteiger partial charge in [-0.05, 0) is 33.1 Å². The maximum absolute atomic E-state index is 12.9. The molecule has 2 amide bonds. The number of nitrogens with one attached hydrogen (secondary N) is 1. The zero-order valence-electron chi connectivity index (χ0n) is 15.8. The van der Waals surface area contributed by atoms with Crippen molar-refractivity contribution in [2.45, 2.75) is 57.7 Å². The highest BCUT2D eigenvalue weighted by molar-refractivity contribution is 5.95. The van der Waals surface area contributed by atoms with Gasteiger partial charge < -0.3 is 14.8 Å². The number of hydrogen-bond acceptors (Lipinski definition) is 5. The van der Waals surface area contributed by atoms with Crippen LogP contribution in [0.5, 0.6) is 0 Å². The lowest BCUT2D eigenvalue weighted by molar-refractivity contribution is -0.138. The molecule has 2 aliphatic rings. The lowest BCUT2D eigenvalue weighted by Crippen LogP contribution is -2.53. The first-order valence-corrected chi connectivity index (χ1v) is 9.34. The van der Waals surface area contributed by atoms with Crippen molar-refractivity contribution in [3.8, 4) is 0 Å². The number of aryl methyl sites for hydroxylation is 3. The van der Waals surface area contributed by atoms with E-state index in [9.17, 15) is 9.59 Å². The first-order chi connectivity index (χ1) is 13.0. The van der Waals surface area contributed by atoms with Crippen LogP contribution in [-0.2, 0) is 11.8 Å². The van der Waals surface area contributed by atoms with Crippen molar-refractivity contribution in [1.82, 2.24) is 29.7 Å². The van der Waals surface area contributed by atoms with E-state index in [-0.39, 0.29) is 29.9 Å². The Morgan fingerprint density at radius 1 is 1.22 bits per heavy atom. The Kier molecular flexibility index (Phi) is 4.41. The van der Waals surface area contributed by atoms with Gasteiger partial charge in [0.2, 0.25) is 5.91 Å². The molecule has 1 aliphatic carbocycles. The van der Waals surface area contributed by atoms with Gasteiger partial charge in [-0.25, -0.2) is 15.0 Å². The first-order valence-electron chi connectivity index (χ1n) is 9.34. The quantitative estimate of drug-likeness (QED) is 0.882. The van der Waals surface area contributed by atoms with Crippen LogP contribution in [0.3, 0.4) is 0 Å². The summed E-state index contributed by atoms with van der Waals surface area (Å²) in [5, 5.41) is 3.14. The molecule has 0 unspecified atom stereocenters. The van der Waals surface area contributed by atoms with E-state index < -0.39 is 0 Å². The summed E-state index contributed by atoms with van der Waals surface area (Å²) in [6.45, 7) is 3.61. The van der Waals surface area contributed by atoms with Crippen LogP contribution in [0, 0.1) is 13.8 Å². The van der Waals surface area contributed by atoms with Gasteiger partial charge in [0.25, 0.3) is 5.91 Å². The summed E-state index contributed by atoms with van der Waals surface area (Å²) in [5.74, 6) is 0.596. The summed E-state index contributed by atoms with van der Waals surface area (Å²) in [5.41, 5.74) is 2.07. The van der Waals surface area contributed by atoms with Crippen molar-refractivity contribution in [3.05, 3.63) is 41.5 Å². The largest absolute Gasteiger partial charge is 0.347 e. The second-order valence-corrected chi connectivity index (χ2v) is 7.44. The maximum atomic E-state index is 12.9. The van der Waals surface area contributed by atoms with E-state index in [0.29, 0.717) is 29.9 Å². The topological polar surface area (TPSA) is 93.0 Å². The van der Waals surface area contributed by atoms with Gasteiger partial charge in [-0.15, -0.1) is 0 Å². The molecular formula is C19H24N6O2. The molecule has 3 heterocycles. The number of aromatic nitrogens is 4. The number of imidazole rings is 1. The minimum absolute atomic E-state index is 0.157. The summed E-state index contributed by atoms with van der Waals surface area (Å²) in [4.78, 5) is 40.2.